The van der Waals surface area contributed by atoms with E-state index >= 15 is 0 Å². The van der Waals surface area contributed by atoms with E-state index in [1.165, 1.54) is 28.8 Å². The standard InChI is InChI=1S/C22H22N6O5S.CH4O/c1-26(12-15-6-3-2-4-7-15)21-19-20(24-14-25-21)23-11-17-13-33-22(19)27(17)34(31,32)18-9-5-8-16(10-18)28(29)30;1-2/h2-10,14,17,22H,11-13H2,1H3,(H,23,24,25);2H,1H3/t17-,22-;/m0./s1. The normalized spacial score (nSPS) is 18.8. The Morgan fingerprint density at radius 1 is 1.19 bits per heavy atom. The SMILES string of the molecule is CN(Cc1ccccc1)c1ncnc2c1[C@@H]1OC[C@H](CN2)N1S(=O)(=O)c1cccc([N+](=O)[O-])c1.CO. The predicted octanol–water partition coefficient (Wildman–Crippen LogP) is 2.14. The molecule has 3 heterocycles. The number of rotatable bonds is 6. The molecule has 0 unspecified atom stereocenters. The Balaban J connectivity index is 0.00000148. The lowest BCUT2D eigenvalue weighted by Crippen LogP contribution is -2.40. The highest BCUT2D eigenvalue weighted by Crippen LogP contribution is 2.44. The first-order valence-electron chi connectivity index (χ1n) is 11.0. The average Bonchev–Trinajstić information content (AvgIpc) is 3.25. The molecule has 0 saturated carbocycles. The fourth-order valence-corrected chi connectivity index (χ4v) is 6.02. The zero-order chi connectivity index (χ0) is 25.9. The largest absolute Gasteiger partial charge is 0.400 e. The summed E-state index contributed by atoms with van der Waals surface area (Å²) in [6.45, 7) is 0.983. The van der Waals surface area contributed by atoms with E-state index in [1.807, 2.05) is 42.3 Å². The highest BCUT2D eigenvalue weighted by molar-refractivity contribution is 7.89. The molecule has 0 spiro atoms. The summed E-state index contributed by atoms with van der Waals surface area (Å²) < 4.78 is 34.7. The second-order valence-corrected chi connectivity index (χ2v) is 9.95. The number of aliphatic hydroxyl groups excluding tert-OH is 1. The Morgan fingerprint density at radius 3 is 2.67 bits per heavy atom. The van der Waals surface area contributed by atoms with Crippen LogP contribution in [0.1, 0.15) is 17.4 Å². The van der Waals surface area contributed by atoms with Crippen molar-refractivity contribution in [2.45, 2.75) is 23.7 Å². The number of anilines is 2. The van der Waals surface area contributed by atoms with Crippen LogP contribution in [0.5, 0.6) is 0 Å². The molecule has 2 N–H and O–H groups in total. The van der Waals surface area contributed by atoms with Gasteiger partial charge in [-0.15, -0.1) is 0 Å². The fraction of sp³-hybridized carbons (Fsp3) is 0.304. The number of ether oxygens (including phenoxy) is 1. The first-order valence-corrected chi connectivity index (χ1v) is 12.5. The van der Waals surface area contributed by atoms with E-state index in [0.29, 0.717) is 23.7 Å². The van der Waals surface area contributed by atoms with Crippen LogP contribution in [0, 0.1) is 10.1 Å². The topological polar surface area (TPSA) is 151 Å². The average molecular weight is 515 g/mol. The van der Waals surface area contributed by atoms with E-state index < -0.39 is 27.2 Å². The molecule has 3 aromatic rings. The highest BCUT2D eigenvalue weighted by atomic mass is 32.2. The number of benzene rings is 2. The number of aliphatic hydroxyl groups is 1. The van der Waals surface area contributed by atoms with Crippen LogP contribution in [0.3, 0.4) is 0 Å². The van der Waals surface area contributed by atoms with Crippen molar-refractivity contribution in [1.82, 2.24) is 14.3 Å². The van der Waals surface area contributed by atoms with Crippen molar-refractivity contribution in [3.05, 3.63) is 82.2 Å². The number of nitrogens with one attached hydrogen (secondary N) is 1. The van der Waals surface area contributed by atoms with Gasteiger partial charge in [-0.2, -0.15) is 4.31 Å². The lowest BCUT2D eigenvalue weighted by molar-refractivity contribution is -0.385. The van der Waals surface area contributed by atoms with E-state index in [0.717, 1.165) is 18.7 Å². The van der Waals surface area contributed by atoms with Gasteiger partial charge in [0.2, 0.25) is 10.0 Å². The summed E-state index contributed by atoms with van der Waals surface area (Å²) in [5, 5.41) is 21.5. The second-order valence-electron chi connectivity index (χ2n) is 8.11. The summed E-state index contributed by atoms with van der Waals surface area (Å²) in [5.41, 5.74) is 1.27. The number of sulfonamides is 1. The van der Waals surface area contributed by atoms with E-state index in [1.54, 1.807) is 0 Å². The van der Waals surface area contributed by atoms with Crippen molar-refractivity contribution in [3.63, 3.8) is 0 Å². The molecule has 1 aromatic heterocycles. The summed E-state index contributed by atoms with van der Waals surface area (Å²) in [4.78, 5) is 21.2. The minimum atomic E-state index is -4.13. The molecule has 1 saturated heterocycles. The molecule has 36 heavy (non-hydrogen) atoms. The van der Waals surface area contributed by atoms with Crippen LogP contribution in [0.15, 0.2) is 65.8 Å². The van der Waals surface area contributed by atoms with Crippen molar-refractivity contribution in [1.29, 1.82) is 0 Å². The Morgan fingerprint density at radius 2 is 1.94 bits per heavy atom. The van der Waals surface area contributed by atoms with E-state index in [9.17, 15) is 18.5 Å². The molecule has 12 nitrogen and oxygen atoms in total. The van der Waals surface area contributed by atoms with E-state index in [2.05, 4.69) is 15.3 Å². The fourth-order valence-electron chi connectivity index (χ4n) is 4.31. The zero-order valence-corrected chi connectivity index (χ0v) is 20.5. The van der Waals surface area contributed by atoms with Crippen LogP contribution in [-0.4, -0.2) is 66.1 Å². The Labute approximate surface area is 208 Å². The third-order valence-corrected chi connectivity index (χ3v) is 7.77. The minimum Gasteiger partial charge on any atom is -0.400 e. The van der Waals surface area contributed by atoms with Gasteiger partial charge in [-0.1, -0.05) is 36.4 Å². The molecular formula is C23H26N6O6S. The molecule has 1 fully saturated rings. The first-order chi connectivity index (χ1) is 17.4. The molecule has 0 aliphatic carbocycles. The van der Waals surface area contributed by atoms with Gasteiger partial charge in [-0.05, 0) is 11.6 Å². The number of aromatic nitrogens is 2. The maximum absolute atomic E-state index is 13.7. The van der Waals surface area contributed by atoms with Crippen molar-refractivity contribution >= 4 is 27.3 Å². The summed E-state index contributed by atoms with van der Waals surface area (Å²) in [6, 6.07) is 14.3. The van der Waals surface area contributed by atoms with Crippen LogP contribution in [0.25, 0.3) is 0 Å². The zero-order valence-electron chi connectivity index (χ0n) is 19.7. The van der Waals surface area contributed by atoms with Crippen molar-refractivity contribution in [2.75, 3.05) is 37.5 Å². The third kappa shape index (κ3) is 4.73. The summed E-state index contributed by atoms with van der Waals surface area (Å²) >= 11 is 0. The molecule has 190 valence electrons. The monoisotopic (exact) mass is 514 g/mol. The lowest BCUT2D eigenvalue weighted by atomic mass is 10.2. The van der Waals surface area contributed by atoms with Crippen LogP contribution in [0.4, 0.5) is 17.3 Å². The Kier molecular flexibility index (Phi) is 7.45. The molecule has 0 radical (unpaired) electrons. The van der Waals surface area contributed by atoms with Crippen LogP contribution >= 0.6 is 0 Å². The van der Waals surface area contributed by atoms with Crippen LogP contribution < -0.4 is 10.2 Å². The van der Waals surface area contributed by atoms with Crippen molar-refractivity contribution < 1.29 is 23.2 Å². The molecule has 2 aliphatic rings. The number of nitrogens with zero attached hydrogens (tertiary/aromatic N) is 5. The van der Waals surface area contributed by atoms with E-state index in [-0.39, 0.29) is 23.7 Å². The lowest BCUT2D eigenvalue weighted by Gasteiger charge is -2.28. The van der Waals surface area contributed by atoms with E-state index in [4.69, 9.17) is 9.84 Å². The molecule has 2 aliphatic heterocycles. The number of non-ortho nitro benzene ring substituents is 1. The Bertz CT molecular complexity index is 1340. The van der Waals surface area contributed by atoms with Gasteiger partial charge >= 0.3 is 0 Å². The number of hydrogen-bond acceptors (Lipinski definition) is 10. The first kappa shape index (κ1) is 25.4. The Hall–Kier alpha value is -3.65. The molecule has 2 bridgehead atoms. The minimum absolute atomic E-state index is 0.165. The molecule has 2 atom stereocenters. The molecular weight excluding hydrogens is 488 g/mol. The van der Waals surface area contributed by atoms with Gasteiger partial charge in [0.25, 0.3) is 5.69 Å². The van der Waals surface area contributed by atoms with Gasteiger partial charge in [0.15, 0.2) is 6.23 Å². The van der Waals surface area contributed by atoms with Crippen molar-refractivity contribution in [2.24, 2.45) is 0 Å². The third-order valence-electron chi connectivity index (χ3n) is 5.88. The number of nitro groups is 1. The molecule has 0 amide bonds. The van der Waals surface area contributed by atoms with Gasteiger partial charge in [0.1, 0.15) is 18.0 Å². The van der Waals surface area contributed by atoms with Crippen molar-refractivity contribution in [3.8, 4) is 0 Å². The molecule has 13 heteroatoms. The van der Waals surface area contributed by atoms with Gasteiger partial charge in [0.05, 0.1) is 28.0 Å². The summed E-state index contributed by atoms with van der Waals surface area (Å²) in [5.74, 6) is 1.03. The van der Waals surface area contributed by atoms with Gasteiger partial charge < -0.3 is 20.1 Å². The maximum atomic E-state index is 13.7. The molecule has 5 rings (SSSR count). The molecule has 2 aromatic carbocycles. The number of hydrogen-bond donors (Lipinski definition) is 2. The highest BCUT2D eigenvalue weighted by Gasteiger charge is 2.48. The smallest absolute Gasteiger partial charge is 0.270 e. The maximum Gasteiger partial charge on any atom is 0.270 e. The van der Waals surface area contributed by atoms with Gasteiger partial charge in [-0.25, -0.2) is 18.4 Å². The van der Waals surface area contributed by atoms with Gasteiger partial charge in [-0.3, -0.25) is 10.1 Å². The summed E-state index contributed by atoms with van der Waals surface area (Å²) in [6.07, 6.45) is 0.454. The van der Waals surface area contributed by atoms with Crippen LogP contribution in [-0.2, 0) is 21.3 Å². The number of fused-ring (bicyclic) bond motifs is 4. The number of nitro benzene ring substituents is 1. The predicted molar refractivity (Wildman–Crippen MR) is 132 cm³/mol. The quantitative estimate of drug-likeness (QED) is 0.370. The van der Waals surface area contributed by atoms with Gasteiger partial charge in [0, 0.05) is 39.4 Å². The summed E-state index contributed by atoms with van der Waals surface area (Å²) in [7, 11) is -1.26. The van der Waals surface area contributed by atoms with Crippen LogP contribution in [0.2, 0.25) is 0 Å². The second kappa shape index (κ2) is 10.5.